The molecule has 0 saturated heterocycles. The van der Waals surface area contributed by atoms with Crippen molar-refractivity contribution in [3.8, 4) is 5.75 Å². The van der Waals surface area contributed by atoms with Crippen molar-refractivity contribution in [2.24, 2.45) is 0 Å². The fourth-order valence-electron chi connectivity index (χ4n) is 1.20. The highest BCUT2D eigenvalue weighted by Crippen LogP contribution is 2.14. The molecule has 0 fully saturated rings. The second-order valence-corrected chi connectivity index (χ2v) is 3.79. The number of carboxylic acids is 1. The van der Waals surface area contributed by atoms with Crippen molar-refractivity contribution in [2.75, 3.05) is 32.8 Å². The van der Waals surface area contributed by atoms with E-state index in [0.29, 0.717) is 13.1 Å². The van der Waals surface area contributed by atoms with E-state index in [1.807, 2.05) is 0 Å². The largest absolute Gasteiger partial charge is 0.507 e. The van der Waals surface area contributed by atoms with E-state index in [9.17, 15) is 14.7 Å². The average molecular weight is 300 g/mol. The van der Waals surface area contributed by atoms with Gasteiger partial charge in [-0.2, -0.15) is 0 Å². The van der Waals surface area contributed by atoms with Crippen molar-refractivity contribution < 1.29 is 30.0 Å². The number of carbonyl (C=O) groups is 2. The highest BCUT2D eigenvalue weighted by Gasteiger charge is 2.10. The fourth-order valence-corrected chi connectivity index (χ4v) is 1.20. The predicted molar refractivity (Wildman–Crippen MR) is 75.1 cm³/mol. The molecule has 1 rings (SSSR count). The number of nitrogens with one attached hydrogen (secondary N) is 2. The molecule has 0 bridgehead atoms. The van der Waals surface area contributed by atoms with Gasteiger partial charge in [0.15, 0.2) is 0 Å². The molecule has 118 valence electrons. The molecule has 1 aromatic rings. The van der Waals surface area contributed by atoms with Gasteiger partial charge in [-0.15, -0.1) is 0 Å². The first-order chi connectivity index (χ1) is 10.0. The Kier molecular flexibility index (Phi) is 10.5. The van der Waals surface area contributed by atoms with E-state index in [1.54, 1.807) is 12.1 Å². The average Bonchev–Trinajstić information content (AvgIpc) is 2.46. The van der Waals surface area contributed by atoms with Gasteiger partial charge in [-0.1, -0.05) is 12.1 Å². The van der Waals surface area contributed by atoms with Crippen LogP contribution < -0.4 is 10.6 Å². The Morgan fingerprint density at radius 1 is 1.05 bits per heavy atom. The van der Waals surface area contributed by atoms with Crippen LogP contribution in [0.25, 0.3) is 0 Å². The Balaban J connectivity index is 0.000000486. The van der Waals surface area contributed by atoms with Gasteiger partial charge in [0.1, 0.15) is 12.3 Å². The topological polar surface area (TPSA) is 139 Å². The number of aliphatic hydroxyl groups excluding tert-OH is 2. The van der Waals surface area contributed by atoms with Crippen LogP contribution in [0.1, 0.15) is 10.4 Å². The van der Waals surface area contributed by atoms with Crippen molar-refractivity contribution in [2.45, 2.75) is 0 Å². The van der Waals surface area contributed by atoms with Gasteiger partial charge in [0.05, 0.1) is 18.8 Å². The number of aliphatic carboxylic acids is 1. The summed E-state index contributed by atoms with van der Waals surface area (Å²) >= 11 is 0. The number of hydrogen-bond donors (Lipinski definition) is 6. The van der Waals surface area contributed by atoms with E-state index in [2.05, 4.69) is 10.6 Å². The molecule has 0 saturated carbocycles. The molecule has 0 aliphatic rings. The Bertz CT molecular complexity index is 434. The monoisotopic (exact) mass is 300 g/mol. The number of phenolic OH excluding ortho intramolecular Hbond substituents is 1. The van der Waals surface area contributed by atoms with Crippen LogP contribution in [-0.2, 0) is 4.79 Å². The predicted octanol–water partition coefficient (Wildman–Crippen LogP) is -1.23. The standard InChI is InChI=1S/C9H9NO4.C4H11NO2/c11-7-4-2-1-3-6(7)9(14)10-5-8(12)13;6-3-1-5-2-4-7/h1-4,11H,5H2,(H,10,14)(H,12,13);5-7H,1-4H2. The number of aromatic hydroxyl groups is 1. The summed E-state index contributed by atoms with van der Waals surface area (Å²) < 4.78 is 0. The van der Waals surface area contributed by atoms with E-state index in [1.165, 1.54) is 12.1 Å². The van der Waals surface area contributed by atoms with E-state index < -0.39 is 18.4 Å². The number of carboxylic acid groups (broad SMARTS) is 1. The minimum atomic E-state index is -1.13. The molecule has 21 heavy (non-hydrogen) atoms. The van der Waals surface area contributed by atoms with Crippen molar-refractivity contribution in [3.05, 3.63) is 29.8 Å². The molecule has 0 radical (unpaired) electrons. The Hall–Kier alpha value is -2.16. The first-order valence-corrected chi connectivity index (χ1v) is 6.23. The summed E-state index contributed by atoms with van der Waals surface area (Å²) in [6.07, 6.45) is 0. The lowest BCUT2D eigenvalue weighted by atomic mass is 10.2. The molecule has 0 heterocycles. The van der Waals surface area contributed by atoms with Gasteiger partial charge in [-0.3, -0.25) is 9.59 Å². The second-order valence-electron chi connectivity index (χ2n) is 3.79. The number of para-hydroxylation sites is 1. The first kappa shape index (κ1) is 18.8. The highest BCUT2D eigenvalue weighted by atomic mass is 16.4. The lowest BCUT2D eigenvalue weighted by molar-refractivity contribution is -0.135. The maximum atomic E-state index is 11.2. The SMILES string of the molecule is O=C(O)CNC(=O)c1ccccc1O.OCCNCCO. The molecular formula is C13H20N2O6. The lowest BCUT2D eigenvalue weighted by Crippen LogP contribution is -2.29. The zero-order valence-corrected chi connectivity index (χ0v) is 11.5. The number of carbonyl (C=O) groups excluding carboxylic acids is 1. The van der Waals surface area contributed by atoms with E-state index >= 15 is 0 Å². The fraction of sp³-hybridized carbons (Fsp3) is 0.385. The smallest absolute Gasteiger partial charge is 0.322 e. The minimum absolute atomic E-state index is 0.0637. The molecule has 0 spiro atoms. The number of hydrogen-bond acceptors (Lipinski definition) is 6. The Labute approximate surface area is 122 Å². The molecular weight excluding hydrogens is 280 g/mol. The molecule has 8 heteroatoms. The van der Waals surface area contributed by atoms with Crippen LogP contribution in [-0.4, -0.2) is 65.2 Å². The number of aliphatic hydroxyl groups is 2. The summed E-state index contributed by atoms with van der Waals surface area (Å²) in [6, 6.07) is 5.92. The van der Waals surface area contributed by atoms with Gasteiger partial charge in [0.25, 0.3) is 5.91 Å². The van der Waals surface area contributed by atoms with Crippen LogP contribution in [0.15, 0.2) is 24.3 Å². The Morgan fingerprint density at radius 2 is 1.62 bits per heavy atom. The molecule has 0 aromatic heterocycles. The van der Waals surface area contributed by atoms with Crippen LogP contribution in [0.2, 0.25) is 0 Å². The number of amides is 1. The van der Waals surface area contributed by atoms with Crippen LogP contribution in [0.4, 0.5) is 0 Å². The van der Waals surface area contributed by atoms with Gasteiger partial charge in [0.2, 0.25) is 0 Å². The molecule has 8 nitrogen and oxygen atoms in total. The molecule has 1 amide bonds. The molecule has 0 atom stereocenters. The first-order valence-electron chi connectivity index (χ1n) is 6.23. The van der Waals surface area contributed by atoms with Gasteiger partial charge in [0, 0.05) is 13.1 Å². The molecule has 0 unspecified atom stereocenters. The van der Waals surface area contributed by atoms with Crippen molar-refractivity contribution in [1.29, 1.82) is 0 Å². The minimum Gasteiger partial charge on any atom is -0.507 e. The zero-order valence-electron chi connectivity index (χ0n) is 11.5. The summed E-state index contributed by atoms with van der Waals surface area (Å²) in [7, 11) is 0. The van der Waals surface area contributed by atoms with Crippen molar-refractivity contribution in [3.63, 3.8) is 0 Å². The summed E-state index contributed by atoms with van der Waals surface area (Å²) in [5.74, 6) is -1.91. The molecule has 0 aliphatic carbocycles. The third-order valence-corrected chi connectivity index (χ3v) is 2.13. The maximum Gasteiger partial charge on any atom is 0.322 e. The molecule has 1 aromatic carbocycles. The summed E-state index contributed by atoms with van der Waals surface area (Å²) in [6.45, 7) is 0.953. The van der Waals surface area contributed by atoms with E-state index in [-0.39, 0.29) is 24.5 Å². The van der Waals surface area contributed by atoms with Crippen molar-refractivity contribution >= 4 is 11.9 Å². The highest BCUT2D eigenvalue weighted by molar-refractivity contribution is 5.98. The van der Waals surface area contributed by atoms with Gasteiger partial charge in [-0.25, -0.2) is 0 Å². The van der Waals surface area contributed by atoms with Gasteiger partial charge >= 0.3 is 5.97 Å². The molecule has 0 aliphatic heterocycles. The second kappa shape index (κ2) is 11.6. The van der Waals surface area contributed by atoms with Crippen LogP contribution in [0.5, 0.6) is 5.75 Å². The normalized spacial score (nSPS) is 9.43. The third kappa shape index (κ3) is 9.38. The summed E-state index contributed by atoms with van der Waals surface area (Å²) in [5, 5.41) is 38.8. The summed E-state index contributed by atoms with van der Waals surface area (Å²) in [5.41, 5.74) is 0.0637. The van der Waals surface area contributed by atoms with Crippen LogP contribution in [0, 0.1) is 0 Å². The van der Waals surface area contributed by atoms with Gasteiger partial charge < -0.3 is 31.1 Å². The lowest BCUT2D eigenvalue weighted by Gasteiger charge is -2.03. The Morgan fingerprint density at radius 3 is 2.10 bits per heavy atom. The van der Waals surface area contributed by atoms with Gasteiger partial charge in [-0.05, 0) is 12.1 Å². The number of phenols is 1. The quantitative estimate of drug-likeness (QED) is 0.346. The number of rotatable bonds is 7. The van der Waals surface area contributed by atoms with Crippen molar-refractivity contribution in [1.82, 2.24) is 10.6 Å². The molecule has 6 N–H and O–H groups in total. The zero-order chi connectivity index (χ0) is 16.1. The maximum absolute atomic E-state index is 11.2. The number of benzene rings is 1. The van der Waals surface area contributed by atoms with Crippen LogP contribution >= 0.6 is 0 Å². The van der Waals surface area contributed by atoms with E-state index in [4.69, 9.17) is 15.3 Å². The van der Waals surface area contributed by atoms with E-state index in [0.717, 1.165) is 0 Å². The van der Waals surface area contributed by atoms with Crippen LogP contribution in [0.3, 0.4) is 0 Å². The third-order valence-electron chi connectivity index (χ3n) is 2.13. The summed E-state index contributed by atoms with van der Waals surface area (Å²) in [4.78, 5) is 21.4.